The Morgan fingerprint density at radius 3 is 2.42 bits per heavy atom. The van der Waals surface area contributed by atoms with Gasteiger partial charge in [-0.15, -0.1) is 12.4 Å². The molecule has 7 heteroatoms. The molecule has 3 aliphatic heterocycles. The molecule has 1 amide bonds. The van der Waals surface area contributed by atoms with Gasteiger partial charge >= 0.3 is 0 Å². The first kappa shape index (κ1) is 13.3. The van der Waals surface area contributed by atoms with E-state index in [0.717, 1.165) is 43.4 Å². The van der Waals surface area contributed by atoms with Crippen molar-refractivity contribution in [3.05, 3.63) is 11.4 Å². The fourth-order valence-corrected chi connectivity index (χ4v) is 4.66. The van der Waals surface area contributed by atoms with E-state index in [2.05, 4.69) is 19.0 Å². The molecule has 2 bridgehead atoms. The topological polar surface area (TPSA) is 58.1 Å². The summed E-state index contributed by atoms with van der Waals surface area (Å²) in [4.78, 5) is 14.8. The summed E-state index contributed by atoms with van der Waals surface area (Å²) in [6.45, 7) is 4.02. The Balaban J connectivity index is 0.00000110. The van der Waals surface area contributed by atoms with Gasteiger partial charge in [-0.05, 0) is 31.6 Å². The monoisotopic (exact) mass is 300 g/mol. The first-order chi connectivity index (χ1) is 8.77. The van der Waals surface area contributed by atoms with E-state index in [-0.39, 0.29) is 18.3 Å². The molecule has 3 saturated heterocycles. The Kier molecular flexibility index (Phi) is 3.27. The van der Waals surface area contributed by atoms with Crippen molar-refractivity contribution in [1.29, 1.82) is 0 Å². The fraction of sp³-hybridized carbons (Fsp3) is 0.750. The number of aromatic nitrogens is 2. The highest BCUT2D eigenvalue weighted by molar-refractivity contribution is 6.99. The van der Waals surface area contributed by atoms with Crippen molar-refractivity contribution in [2.24, 2.45) is 11.8 Å². The average Bonchev–Trinajstić information content (AvgIpc) is 3.09. The van der Waals surface area contributed by atoms with E-state index in [1.54, 1.807) is 0 Å². The van der Waals surface area contributed by atoms with Crippen molar-refractivity contribution in [1.82, 2.24) is 19.0 Å². The van der Waals surface area contributed by atoms with Crippen LogP contribution in [-0.2, 0) is 0 Å². The maximum Gasteiger partial charge on any atom is 0.276 e. The van der Waals surface area contributed by atoms with Gasteiger partial charge in [0.15, 0.2) is 5.69 Å². The Morgan fingerprint density at radius 2 is 1.89 bits per heavy atom. The van der Waals surface area contributed by atoms with Crippen LogP contribution in [0.4, 0.5) is 0 Å². The maximum absolute atomic E-state index is 12.6. The number of fused-ring (bicyclic) bond motifs is 5. The number of nitrogens with zero attached hydrogens (tertiary/aromatic N) is 3. The highest BCUT2D eigenvalue weighted by atomic mass is 35.5. The number of carbonyl (C=O) groups is 1. The van der Waals surface area contributed by atoms with Gasteiger partial charge in [0.2, 0.25) is 0 Å². The summed E-state index contributed by atoms with van der Waals surface area (Å²) in [5.41, 5.74) is 1.35. The third-order valence-corrected chi connectivity index (χ3v) is 5.48. The molecule has 1 N–H and O–H groups in total. The predicted molar refractivity (Wildman–Crippen MR) is 74.7 cm³/mol. The molecule has 104 valence electrons. The zero-order valence-corrected chi connectivity index (χ0v) is 12.3. The minimum atomic E-state index is 0. The lowest BCUT2D eigenvalue weighted by Gasteiger charge is -2.23. The normalized spacial score (nSPS) is 35.3. The van der Waals surface area contributed by atoms with Crippen LogP contribution in [0, 0.1) is 18.8 Å². The van der Waals surface area contributed by atoms with Gasteiger partial charge in [0.25, 0.3) is 5.91 Å². The Labute approximate surface area is 122 Å². The molecule has 0 saturated carbocycles. The summed E-state index contributed by atoms with van der Waals surface area (Å²) in [6, 6.07) is 0.868. The molecule has 0 radical (unpaired) electrons. The standard InChI is InChI=1S/C12H16N4OS.ClH/c1-6-11(15-18-14-6)12(17)16-9-2-3-10(16)8-5-13-4-7(8)9;/h7-10,13H,2-5H2,1H3;1H/t7-,8+,9-,10+;. The molecule has 0 aromatic carbocycles. The van der Waals surface area contributed by atoms with Gasteiger partial charge in [-0.2, -0.15) is 8.75 Å². The number of carbonyl (C=O) groups excluding carboxylic acids is 1. The van der Waals surface area contributed by atoms with E-state index in [9.17, 15) is 4.79 Å². The van der Waals surface area contributed by atoms with E-state index in [1.807, 2.05) is 6.92 Å². The second-order valence-electron chi connectivity index (χ2n) is 5.61. The molecule has 5 nitrogen and oxygen atoms in total. The predicted octanol–water partition coefficient (Wildman–Crippen LogP) is 1.09. The Bertz CT molecular complexity index is 490. The van der Waals surface area contributed by atoms with Crippen LogP contribution in [0.25, 0.3) is 0 Å². The van der Waals surface area contributed by atoms with Gasteiger partial charge in [-0.25, -0.2) is 0 Å². The number of halogens is 1. The van der Waals surface area contributed by atoms with Crippen LogP contribution in [-0.4, -0.2) is 44.7 Å². The van der Waals surface area contributed by atoms with E-state index in [0.29, 0.717) is 29.6 Å². The van der Waals surface area contributed by atoms with Gasteiger partial charge in [0.05, 0.1) is 17.4 Å². The molecule has 1 aromatic heterocycles. The van der Waals surface area contributed by atoms with Gasteiger partial charge in [-0.3, -0.25) is 4.79 Å². The molecule has 0 spiro atoms. The first-order valence-electron chi connectivity index (χ1n) is 6.60. The number of rotatable bonds is 1. The van der Waals surface area contributed by atoms with Crippen LogP contribution in [0.5, 0.6) is 0 Å². The average molecular weight is 301 g/mol. The third-order valence-electron chi connectivity index (χ3n) is 4.86. The molecular weight excluding hydrogens is 284 g/mol. The van der Waals surface area contributed by atoms with Crippen molar-refractivity contribution >= 4 is 30.0 Å². The smallest absolute Gasteiger partial charge is 0.276 e. The molecule has 19 heavy (non-hydrogen) atoms. The second kappa shape index (κ2) is 4.68. The summed E-state index contributed by atoms with van der Waals surface area (Å²) < 4.78 is 8.30. The van der Waals surface area contributed by atoms with Crippen molar-refractivity contribution in [2.45, 2.75) is 31.8 Å². The quantitative estimate of drug-likeness (QED) is 0.843. The molecule has 0 unspecified atom stereocenters. The molecular formula is C12H17ClN4OS. The van der Waals surface area contributed by atoms with E-state index >= 15 is 0 Å². The van der Waals surface area contributed by atoms with Crippen LogP contribution in [0.3, 0.4) is 0 Å². The van der Waals surface area contributed by atoms with Crippen molar-refractivity contribution in [3.8, 4) is 0 Å². The molecule has 4 heterocycles. The van der Waals surface area contributed by atoms with Gasteiger partial charge in [-0.1, -0.05) is 0 Å². The lowest BCUT2D eigenvalue weighted by molar-refractivity contribution is 0.0704. The number of hydrogen-bond donors (Lipinski definition) is 1. The molecule has 3 aliphatic rings. The van der Waals surface area contributed by atoms with Gasteiger partial charge in [0, 0.05) is 25.2 Å². The molecule has 4 rings (SSSR count). The fourth-order valence-electron chi connectivity index (χ4n) is 4.12. The molecule has 0 aliphatic carbocycles. The van der Waals surface area contributed by atoms with E-state index < -0.39 is 0 Å². The van der Waals surface area contributed by atoms with Crippen LogP contribution in [0.15, 0.2) is 0 Å². The van der Waals surface area contributed by atoms with Crippen molar-refractivity contribution in [3.63, 3.8) is 0 Å². The van der Waals surface area contributed by atoms with Crippen molar-refractivity contribution in [2.75, 3.05) is 13.1 Å². The third kappa shape index (κ3) is 1.73. The summed E-state index contributed by atoms with van der Waals surface area (Å²) in [5, 5.41) is 3.47. The highest BCUT2D eigenvalue weighted by Crippen LogP contribution is 2.47. The summed E-state index contributed by atoms with van der Waals surface area (Å²) >= 11 is 1.14. The minimum absolute atomic E-state index is 0. The lowest BCUT2D eigenvalue weighted by atomic mass is 9.82. The van der Waals surface area contributed by atoms with Gasteiger partial charge < -0.3 is 10.2 Å². The Morgan fingerprint density at radius 1 is 1.26 bits per heavy atom. The van der Waals surface area contributed by atoms with Crippen LogP contribution in [0.1, 0.15) is 29.0 Å². The molecule has 4 atom stereocenters. The lowest BCUT2D eigenvalue weighted by Crippen LogP contribution is -2.39. The molecule has 1 aromatic rings. The number of aryl methyl sites for hydroxylation is 1. The van der Waals surface area contributed by atoms with Crippen LogP contribution in [0.2, 0.25) is 0 Å². The van der Waals surface area contributed by atoms with Gasteiger partial charge in [0.1, 0.15) is 0 Å². The highest BCUT2D eigenvalue weighted by Gasteiger charge is 2.56. The zero-order valence-electron chi connectivity index (χ0n) is 10.7. The summed E-state index contributed by atoms with van der Waals surface area (Å²) in [6.07, 6.45) is 2.33. The summed E-state index contributed by atoms with van der Waals surface area (Å²) in [7, 11) is 0. The largest absolute Gasteiger partial charge is 0.331 e. The Hall–Kier alpha value is -0.720. The van der Waals surface area contributed by atoms with Crippen LogP contribution >= 0.6 is 24.1 Å². The number of amides is 1. The van der Waals surface area contributed by atoms with E-state index in [1.165, 1.54) is 0 Å². The SMILES string of the molecule is Cc1nsnc1C(=O)N1[C@@H]2CC[C@H]1[C@H]1CNC[C@H]12.Cl. The summed E-state index contributed by atoms with van der Waals surface area (Å²) in [5.74, 6) is 1.45. The first-order valence-corrected chi connectivity index (χ1v) is 7.33. The number of nitrogens with one attached hydrogen (secondary N) is 1. The number of hydrogen-bond acceptors (Lipinski definition) is 5. The second-order valence-corrected chi connectivity index (χ2v) is 6.14. The van der Waals surface area contributed by atoms with Crippen LogP contribution < -0.4 is 5.32 Å². The zero-order chi connectivity index (χ0) is 12.3. The maximum atomic E-state index is 12.6. The van der Waals surface area contributed by atoms with Crippen molar-refractivity contribution < 1.29 is 4.79 Å². The molecule has 3 fully saturated rings. The minimum Gasteiger partial charge on any atom is -0.331 e. The van der Waals surface area contributed by atoms with E-state index in [4.69, 9.17) is 0 Å².